The molecule has 1 amide bonds. The van der Waals surface area contributed by atoms with E-state index >= 15 is 0 Å². The molecule has 0 spiro atoms. The van der Waals surface area contributed by atoms with Crippen LogP contribution in [-0.2, 0) is 11.3 Å². The van der Waals surface area contributed by atoms with Gasteiger partial charge >= 0.3 is 0 Å². The molecule has 1 N–H and O–H groups in total. The van der Waals surface area contributed by atoms with Gasteiger partial charge in [-0.05, 0) is 18.2 Å². The predicted octanol–water partition coefficient (Wildman–Crippen LogP) is 2.71. The summed E-state index contributed by atoms with van der Waals surface area (Å²) in [7, 11) is 0. The second kappa shape index (κ2) is 6.80. The number of rotatable bonds is 4. The van der Waals surface area contributed by atoms with Crippen LogP contribution in [0, 0.1) is 11.6 Å². The number of thiazole rings is 1. The van der Waals surface area contributed by atoms with Crippen molar-refractivity contribution in [3.63, 3.8) is 0 Å². The van der Waals surface area contributed by atoms with E-state index in [1.165, 1.54) is 0 Å². The molecular formula is C17H11F2N5O2S. The number of nitrogens with zero attached hydrogens (tertiary/aromatic N) is 4. The third-order valence-electron chi connectivity index (χ3n) is 3.86. The second-order valence-electron chi connectivity index (χ2n) is 5.69. The largest absolute Gasteiger partial charge is 0.302 e. The lowest BCUT2D eigenvalue weighted by Gasteiger charge is -2.04. The molecule has 4 aromatic rings. The van der Waals surface area contributed by atoms with Crippen molar-refractivity contribution in [1.82, 2.24) is 20.0 Å². The predicted molar refractivity (Wildman–Crippen MR) is 96.6 cm³/mol. The fourth-order valence-corrected chi connectivity index (χ4v) is 3.42. The Kier molecular flexibility index (Phi) is 4.32. The zero-order valence-corrected chi connectivity index (χ0v) is 14.5. The summed E-state index contributed by atoms with van der Waals surface area (Å²) in [5, 5.41) is 11.0. The molecule has 0 aliphatic carbocycles. The molecule has 0 aliphatic heterocycles. The first-order valence-corrected chi connectivity index (χ1v) is 8.71. The summed E-state index contributed by atoms with van der Waals surface area (Å²) in [5.41, 5.74) is 0.405. The molecule has 0 bridgehead atoms. The number of benzene rings is 2. The Hall–Kier alpha value is -3.27. The van der Waals surface area contributed by atoms with E-state index in [0.717, 1.165) is 28.2 Å². The van der Waals surface area contributed by atoms with Gasteiger partial charge in [0.1, 0.15) is 5.52 Å². The number of carbonyl (C=O) groups is 1. The van der Waals surface area contributed by atoms with E-state index in [9.17, 15) is 18.4 Å². The molecule has 4 rings (SSSR count). The van der Waals surface area contributed by atoms with Gasteiger partial charge in [0.05, 0.1) is 22.1 Å². The third kappa shape index (κ3) is 3.38. The SMILES string of the molecule is O=C(CCn1nnc2ccccc2c1=O)Nc1nc2cc(F)c(F)cc2s1. The normalized spacial score (nSPS) is 11.2. The topological polar surface area (TPSA) is 89.8 Å². The molecule has 0 saturated heterocycles. The van der Waals surface area contributed by atoms with Crippen molar-refractivity contribution in [3.8, 4) is 0 Å². The van der Waals surface area contributed by atoms with Gasteiger partial charge in [0.2, 0.25) is 5.91 Å². The highest BCUT2D eigenvalue weighted by atomic mass is 32.1. The molecule has 136 valence electrons. The van der Waals surface area contributed by atoms with E-state index in [0.29, 0.717) is 15.6 Å². The Labute approximate surface area is 154 Å². The molecule has 0 fully saturated rings. The zero-order chi connectivity index (χ0) is 19.0. The number of fused-ring (bicyclic) bond motifs is 2. The number of aryl methyl sites for hydroxylation is 1. The molecule has 2 aromatic carbocycles. The standard InChI is InChI=1S/C17H11F2N5O2S/c18-10-7-13-14(8-11(10)19)27-17(20-13)21-15(25)5-6-24-16(26)9-3-1-2-4-12(9)22-23-24/h1-4,7-8H,5-6H2,(H,20,21,25). The first-order valence-electron chi connectivity index (χ1n) is 7.89. The minimum atomic E-state index is -1.00. The second-order valence-corrected chi connectivity index (χ2v) is 6.72. The van der Waals surface area contributed by atoms with E-state index in [4.69, 9.17) is 0 Å². The molecule has 2 heterocycles. The quantitative estimate of drug-likeness (QED) is 0.582. The van der Waals surface area contributed by atoms with Gasteiger partial charge in [-0.2, -0.15) is 0 Å². The maximum Gasteiger partial charge on any atom is 0.277 e. The first-order chi connectivity index (χ1) is 13.0. The number of hydrogen-bond donors (Lipinski definition) is 1. The van der Waals surface area contributed by atoms with Crippen LogP contribution in [0.2, 0.25) is 0 Å². The fourth-order valence-electron chi connectivity index (χ4n) is 2.54. The van der Waals surface area contributed by atoms with Crippen molar-refractivity contribution in [2.45, 2.75) is 13.0 Å². The van der Waals surface area contributed by atoms with Crippen LogP contribution in [0.25, 0.3) is 21.1 Å². The van der Waals surface area contributed by atoms with Gasteiger partial charge in [-0.15, -0.1) is 5.10 Å². The van der Waals surface area contributed by atoms with Crippen molar-refractivity contribution in [1.29, 1.82) is 0 Å². The van der Waals surface area contributed by atoms with Crippen molar-refractivity contribution in [2.24, 2.45) is 0 Å². The Morgan fingerprint density at radius 1 is 1.15 bits per heavy atom. The fraction of sp³-hybridized carbons (Fsp3) is 0.118. The number of nitrogens with one attached hydrogen (secondary N) is 1. The van der Waals surface area contributed by atoms with Crippen LogP contribution < -0.4 is 10.9 Å². The minimum absolute atomic E-state index is 0.0361. The summed E-state index contributed by atoms with van der Waals surface area (Å²) in [5.74, 6) is -2.38. The highest BCUT2D eigenvalue weighted by Gasteiger charge is 2.12. The van der Waals surface area contributed by atoms with Crippen LogP contribution in [0.15, 0.2) is 41.2 Å². The van der Waals surface area contributed by atoms with Crippen LogP contribution in [0.3, 0.4) is 0 Å². The number of anilines is 1. The average molecular weight is 387 g/mol. The van der Waals surface area contributed by atoms with Crippen LogP contribution >= 0.6 is 11.3 Å². The number of aromatic nitrogens is 4. The molecule has 0 aliphatic rings. The van der Waals surface area contributed by atoms with E-state index in [2.05, 4.69) is 20.6 Å². The number of carbonyl (C=O) groups excluding carboxylic acids is 1. The summed E-state index contributed by atoms with van der Waals surface area (Å²) in [6.45, 7) is 0.0383. The van der Waals surface area contributed by atoms with Crippen LogP contribution in [0.1, 0.15) is 6.42 Å². The molecule has 0 unspecified atom stereocenters. The summed E-state index contributed by atoms with van der Waals surface area (Å²) in [6.07, 6.45) is -0.0361. The smallest absolute Gasteiger partial charge is 0.277 e. The van der Waals surface area contributed by atoms with Gasteiger partial charge in [0.15, 0.2) is 16.8 Å². The zero-order valence-electron chi connectivity index (χ0n) is 13.6. The lowest BCUT2D eigenvalue weighted by Crippen LogP contribution is -2.26. The summed E-state index contributed by atoms with van der Waals surface area (Å²) in [6, 6.07) is 8.80. The van der Waals surface area contributed by atoms with Gasteiger partial charge in [-0.3, -0.25) is 9.59 Å². The lowest BCUT2D eigenvalue weighted by molar-refractivity contribution is -0.116. The highest BCUT2D eigenvalue weighted by molar-refractivity contribution is 7.22. The molecule has 7 nitrogen and oxygen atoms in total. The lowest BCUT2D eigenvalue weighted by atomic mass is 10.2. The van der Waals surface area contributed by atoms with E-state index in [-0.39, 0.29) is 29.2 Å². The number of amides is 1. The Morgan fingerprint density at radius 2 is 1.93 bits per heavy atom. The molecule has 0 atom stereocenters. The Bertz CT molecular complexity index is 1200. The van der Waals surface area contributed by atoms with Gasteiger partial charge < -0.3 is 5.32 Å². The van der Waals surface area contributed by atoms with Gasteiger partial charge in [-0.1, -0.05) is 28.7 Å². The number of hydrogen-bond acceptors (Lipinski definition) is 6. The summed E-state index contributed by atoms with van der Waals surface area (Å²) >= 11 is 1.03. The maximum absolute atomic E-state index is 13.2. The first kappa shape index (κ1) is 17.2. The molecule has 10 heteroatoms. The molecule has 0 radical (unpaired) electrons. The van der Waals surface area contributed by atoms with E-state index in [1.807, 2.05) is 0 Å². The molecule has 2 aromatic heterocycles. The maximum atomic E-state index is 13.2. The molecule has 0 saturated carbocycles. The Balaban J connectivity index is 1.47. The average Bonchev–Trinajstić information content (AvgIpc) is 3.02. The van der Waals surface area contributed by atoms with Gasteiger partial charge in [0.25, 0.3) is 5.56 Å². The summed E-state index contributed by atoms with van der Waals surface area (Å²) < 4.78 is 28.0. The molecule has 27 heavy (non-hydrogen) atoms. The third-order valence-corrected chi connectivity index (χ3v) is 4.79. The van der Waals surface area contributed by atoms with Gasteiger partial charge in [0, 0.05) is 12.5 Å². The van der Waals surface area contributed by atoms with E-state index < -0.39 is 17.5 Å². The van der Waals surface area contributed by atoms with Crippen LogP contribution in [0.4, 0.5) is 13.9 Å². The number of halogens is 2. The van der Waals surface area contributed by atoms with Crippen molar-refractivity contribution < 1.29 is 13.6 Å². The molecular weight excluding hydrogens is 376 g/mol. The summed E-state index contributed by atoms with van der Waals surface area (Å²) in [4.78, 5) is 28.5. The van der Waals surface area contributed by atoms with Crippen molar-refractivity contribution in [2.75, 3.05) is 5.32 Å². The highest BCUT2D eigenvalue weighted by Crippen LogP contribution is 2.27. The Morgan fingerprint density at radius 3 is 2.78 bits per heavy atom. The van der Waals surface area contributed by atoms with Crippen LogP contribution in [0.5, 0.6) is 0 Å². The minimum Gasteiger partial charge on any atom is -0.302 e. The van der Waals surface area contributed by atoms with Gasteiger partial charge in [-0.25, -0.2) is 18.4 Å². The van der Waals surface area contributed by atoms with E-state index in [1.54, 1.807) is 24.3 Å². The monoisotopic (exact) mass is 387 g/mol. The van der Waals surface area contributed by atoms with Crippen LogP contribution in [-0.4, -0.2) is 25.9 Å². The van der Waals surface area contributed by atoms with Crippen molar-refractivity contribution >= 4 is 43.5 Å². The van der Waals surface area contributed by atoms with Crippen molar-refractivity contribution in [3.05, 3.63) is 58.4 Å².